The van der Waals surface area contributed by atoms with Crippen LogP contribution in [0.4, 0.5) is 16.0 Å². The quantitative estimate of drug-likeness (QED) is 0.716. The second kappa shape index (κ2) is 7.85. The highest BCUT2D eigenvalue weighted by Gasteiger charge is 2.23. The first-order valence-corrected chi connectivity index (χ1v) is 8.93. The van der Waals surface area contributed by atoms with Gasteiger partial charge in [0.1, 0.15) is 11.5 Å². The molecule has 4 rings (SSSR count). The summed E-state index contributed by atoms with van der Waals surface area (Å²) in [5, 5.41) is 2.98. The van der Waals surface area contributed by atoms with E-state index < -0.39 is 5.82 Å². The number of nitrogens with one attached hydrogen (secondary N) is 1. The van der Waals surface area contributed by atoms with Crippen LogP contribution in [0.15, 0.2) is 24.8 Å². The summed E-state index contributed by atoms with van der Waals surface area (Å²) in [5.41, 5.74) is 1.38. The van der Waals surface area contributed by atoms with Crippen LogP contribution in [0.5, 0.6) is 6.01 Å². The van der Waals surface area contributed by atoms with E-state index in [9.17, 15) is 4.39 Å². The molecule has 0 aliphatic carbocycles. The summed E-state index contributed by atoms with van der Waals surface area (Å²) in [6.45, 7) is 3.27. The molecule has 3 aromatic rings. The van der Waals surface area contributed by atoms with Gasteiger partial charge in [-0.3, -0.25) is 0 Å². The lowest BCUT2D eigenvalue weighted by molar-refractivity contribution is 0.0694. The maximum Gasteiger partial charge on any atom is 0.316 e. The molecule has 3 aromatic heterocycles. The van der Waals surface area contributed by atoms with E-state index in [-0.39, 0.29) is 23.7 Å². The highest BCUT2D eigenvalue weighted by atomic mass is 19.1. The van der Waals surface area contributed by atoms with Crippen LogP contribution in [0.3, 0.4) is 0 Å². The normalized spacial score (nSPS) is 14.8. The molecule has 1 N–H and O–H groups in total. The number of rotatable bonds is 5. The van der Waals surface area contributed by atoms with Gasteiger partial charge in [-0.15, -0.1) is 0 Å². The van der Waals surface area contributed by atoms with Crippen LogP contribution in [0.2, 0.25) is 0 Å². The van der Waals surface area contributed by atoms with Crippen LogP contribution < -0.4 is 10.1 Å². The fraction of sp³-hybridized carbons (Fsp3) is 0.389. The van der Waals surface area contributed by atoms with E-state index in [0.717, 1.165) is 24.9 Å². The summed E-state index contributed by atoms with van der Waals surface area (Å²) in [5.74, 6) is 0.547. The standard InChI is InChI=1S/C18H20FN7O2/c1-11-20-10-15(26(11)13-3-5-28-6-4-13)16-14(19)9-21-17(25-16)24-12-7-22-18(27-2)23-8-12/h7-10,13H,3-6H2,1-2H3,(H,21,24,25). The van der Waals surface area contributed by atoms with Crippen molar-refractivity contribution in [3.05, 3.63) is 36.4 Å². The molecule has 9 nitrogen and oxygen atoms in total. The molecule has 0 unspecified atom stereocenters. The van der Waals surface area contributed by atoms with Crippen molar-refractivity contribution in [3.63, 3.8) is 0 Å². The Hall–Kier alpha value is -3.14. The van der Waals surface area contributed by atoms with Crippen LogP contribution in [0.1, 0.15) is 24.7 Å². The molecule has 146 valence electrons. The molecular formula is C18H20FN7O2. The third kappa shape index (κ3) is 3.63. The Morgan fingerprint density at radius 2 is 1.86 bits per heavy atom. The van der Waals surface area contributed by atoms with Crippen LogP contribution in [0, 0.1) is 12.7 Å². The summed E-state index contributed by atoms with van der Waals surface area (Å²) in [4.78, 5) is 20.8. The van der Waals surface area contributed by atoms with Gasteiger partial charge in [0.15, 0.2) is 5.82 Å². The van der Waals surface area contributed by atoms with Crippen molar-refractivity contribution in [3.8, 4) is 17.4 Å². The van der Waals surface area contributed by atoms with Gasteiger partial charge in [0.2, 0.25) is 5.95 Å². The van der Waals surface area contributed by atoms with Gasteiger partial charge in [0, 0.05) is 19.3 Å². The number of imidazole rings is 1. The highest BCUT2D eigenvalue weighted by Crippen LogP contribution is 2.30. The average Bonchev–Trinajstić information content (AvgIpc) is 3.12. The first kappa shape index (κ1) is 18.2. The first-order valence-electron chi connectivity index (χ1n) is 8.93. The lowest BCUT2D eigenvalue weighted by Crippen LogP contribution is -2.21. The highest BCUT2D eigenvalue weighted by molar-refractivity contribution is 5.59. The van der Waals surface area contributed by atoms with Crippen LogP contribution in [0.25, 0.3) is 11.4 Å². The van der Waals surface area contributed by atoms with Crippen molar-refractivity contribution < 1.29 is 13.9 Å². The fourth-order valence-corrected chi connectivity index (χ4v) is 3.26. The monoisotopic (exact) mass is 385 g/mol. The van der Waals surface area contributed by atoms with Crippen LogP contribution in [-0.4, -0.2) is 49.8 Å². The smallest absolute Gasteiger partial charge is 0.316 e. The molecule has 1 aliphatic heterocycles. The van der Waals surface area contributed by atoms with Gasteiger partial charge < -0.3 is 19.4 Å². The zero-order chi connectivity index (χ0) is 19.5. The Balaban J connectivity index is 1.66. The average molecular weight is 385 g/mol. The van der Waals surface area contributed by atoms with Crippen molar-refractivity contribution in [2.75, 3.05) is 25.6 Å². The van der Waals surface area contributed by atoms with E-state index in [2.05, 4.69) is 30.2 Å². The van der Waals surface area contributed by atoms with Gasteiger partial charge in [-0.1, -0.05) is 0 Å². The molecule has 28 heavy (non-hydrogen) atoms. The molecule has 1 aliphatic rings. The number of aromatic nitrogens is 6. The Morgan fingerprint density at radius 1 is 1.11 bits per heavy atom. The molecule has 0 bridgehead atoms. The lowest BCUT2D eigenvalue weighted by Gasteiger charge is -2.26. The SMILES string of the molecule is COc1ncc(Nc2ncc(F)c(-c3cnc(C)n3C3CCOCC3)n2)cn1. The Labute approximate surface area is 161 Å². The number of methoxy groups -OCH3 is 1. The molecule has 1 fully saturated rings. The summed E-state index contributed by atoms with van der Waals surface area (Å²) in [6, 6.07) is 0.453. The predicted molar refractivity (Wildman–Crippen MR) is 98.9 cm³/mol. The number of nitrogens with zero attached hydrogens (tertiary/aromatic N) is 6. The van der Waals surface area contributed by atoms with E-state index in [4.69, 9.17) is 9.47 Å². The maximum absolute atomic E-state index is 14.6. The summed E-state index contributed by atoms with van der Waals surface area (Å²) < 4.78 is 27.0. The lowest BCUT2D eigenvalue weighted by atomic mass is 10.1. The van der Waals surface area contributed by atoms with Crippen LogP contribution >= 0.6 is 0 Å². The van der Waals surface area contributed by atoms with Gasteiger partial charge in [-0.2, -0.15) is 0 Å². The second-order valence-electron chi connectivity index (χ2n) is 6.38. The molecule has 0 radical (unpaired) electrons. The summed E-state index contributed by atoms with van der Waals surface area (Å²) >= 11 is 0. The molecule has 0 saturated carbocycles. The molecule has 0 amide bonds. The van der Waals surface area contributed by atoms with Gasteiger partial charge >= 0.3 is 6.01 Å². The third-order valence-electron chi connectivity index (χ3n) is 4.59. The minimum atomic E-state index is -0.509. The topological polar surface area (TPSA) is 99.9 Å². The van der Waals surface area contributed by atoms with Gasteiger partial charge in [0.25, 0.3) is 0 Å². The van der Waals surface area contributed by atoms with E-state index in [1.54, 1.807) is 6.20 Å². The minimum Gasteiger partial charge on any atom is -0.467 e. The molecular weight excluding hydrogens is 365 g/mol. The Morgan fingerprint density at radius 3 is 2.57 bits per heavy atom. The molecule has 10 heteroatoms. The van der Waals surface area contributed by atoms with E-state index >= 15 is 0 Å². The Bertz CT molecular complexity index is 955. The first-order chi connectivity index (χ1) is 13.7. The predicted octanol–water partition coefficient (Wildman–Crippen LogP) is 2.68. The zero-order valence-corrected chi connectivity index (χ0v) is 15.6. The number of ether oxygens (including phenoxy) is 2. The maximum atomic E-state index is 14.6. The molecule has 1 saturated heterocycles. The fourth-order valence-electron chi connectivity index (χ4n) is 3.26. The number of halogens is 1. The van der Waals surface area contributed by atoms with Crippen molar-refractivity contribution in [1.82, 2.24) is 29.5 Å². The van der Waals surface area contributed by atoms with Crippen molar-refractivity contribution in [1.29, 1.82) is 0 Å². The molecule has 4 heterocycles. The zero-order valence-electron chi connectivity index (χ0n) is 15.6. The summed E-state index contributed by atoms with van der Waals surface area (Å²) in [6.07, 6.45) is 7.57. The number of aryl methyl sites for hydroxylation is 1. The molecule has 0 atom stereocenters. The van der Waals surface area contributed by atoms with E-state index in [1.165, 1.54) is 19.5 Å². The van der Waals surface area contributed by atoms with E-state index in [1.807, 2.05) is 11.5 Å². The van der Waals surface area contributed by atoms with E-state index in [0.29, 0.717) is 24.6 Å². The van der Waals surface area contributed by atoms with Crippen LogP contribution in [-0.2, 0) is 4.74 Å². The second-order valence-corrected chi connectivity index (χ2v) is 6.38. The summed E-state index contributed by atoms with van der Waals surface area (Å²) in [7, 11) is 1.49. The molecule has 0 spiro atoms. The number of hydrogen-bond donors (Lipinski definition) is 1. The largest absolute Gasteiger partial charge is 0.467 e. The van der Waals surface area contributed by atoms with Gasteiger partial charge in [-0.05, 0) is 19.8 Å². The van der Waals surface area contributed by atoms with Gasteiger partial charge in [-0.25, -0.2) is 29.3 Å². The van der Waals surface area contributed by atoms with Crippen molar-refractivity contribution >= 4 is 11.6 Å². The Kier molecular flexibility index (Phi) is 5.11. The van der Waals surface area contributed by atoms with Gasteiger partial charge in [0.05, 0.1) is 43.3 Å². The minimum absolute atomic E-state index is 0.194. The number of anilines is 2. The van der Waals surface area contributed by atoms with Crippen molar-refractivity contribution in [2.24, 2.45) is 0 Å². The number of hydrogen-bond acceptors (Lipinski definition) is 8. The third-order valence-corrected chi connectivity index (χ3v) is 4.59. The van der Waals surface area contributed by atoms with Crippen molar-refractivity contribution in [2.45, 2.75) is 25.8 Å². The molecule has 0 aromatic carbocycles.